The smallest absolute Gasteiger partial charge is 0.214 e. The summed E-state index contributed by atoms with van der Waals surface area (Å²) >= 11 is 0. The number of nitrogens with one attached hydrogen (secondary N) is 1. The Morgan fingerprint density at radius 3 is 2.33 bits per heavy atom. The van der Waals surface area contributed by atoms with Crippen molar-refractivity contribution in [1.29, 1.82) is 0 Å². The Balaban J connectivity index is 1.90. The molecular formula is C13H27N2O2S+. The van der Waals surface area contributed by atoms with E-state index in [9.17, 15) is 8.42 Å². The van der Waals surface area contributed by atoms with Crippen LogP contribution in [0.3, 0.4) is 0 Å². The highest BCUT2D eigenvalue weighted by atomic mass is 32.2. The fourth-order valence-electron chi connectivity index (χ4n) is 3.53. The Kier molecular flexibility index (Phi) is 4.67. The summed E-state index contributed by atoms with van der Waals surface area (Å²) in [6, 6.07) is 0.769. The molecule has 1 N–H and O–H groups in total. The van der Waals surface area contributed by atoms with E-state index in [-0.39, 0.29) is 5.75 Å². The van der Waals surface area contributed by atoms with Gasteiger partial charge < -0.3 is 4.90 Å². The minimum Gasteiger partial charge on any atom is -0.330 e. The van der Waals surface area contributed by atoms with Crippen molar-refractivity contribution in [2.75, 3.05) is 31.9 Å². The van der Waals surface area contributed by atoms with Crippen molar-refractivity contribution in [3.8, 4) is 0 Å². The predicted molar refractivity (Wildman–Crippen MR) is 73.2 cm³/mol. The molecule has 0 bridgehead atoms. The average molecular weight is 275 g/mol. The van der Waals surface area contributed by atoms with Crippen LogP contribution in [0.2, 0.25) is 0 Å². The molecule has 1 aliphatic heterocycles. The van der Waals surface area contributed by atoms with Gasteiger partial charge in [-0.2, -0.15) is 4.31 Å². The number of rotatable bonds is 3. The van der Waals surface area contributed by atoms with Crippen LogP contribution in [0.25, 0.3) is 0 Å². The van der Waals surface area contributed by atoms with Crippen LogP contribution in [0, 0.1) is 5.92 Å². The molecule has 106 valence electrons. The molecule has 18 heavy (non-hydrogen) atoms. The first-order chi connectivity index (χ1) is 8.54. The number of hydrogen-bond acceptors (Lipinski definition) is 2. The predicted octanol–water partition coefficient (Wildman–Crippen LogP) is 0.115. The first kappa shape index (κ1) is 14.3. The highest BCUT2D eigenvalue weighted by molar-refractivity contribution is 7.89. The number of piperazine rings is 1. The van der Waals surface area contributed by atoms with Gasteiger partial charge >= 0.3 is 0 Å². The van der Waals surface area contributed by atoms with Gasteiger partial charge in [0.1, 0.15) is 0 Å². The molecule has 2 aliphatic rings. The van der Waals surface area contributed by atoms with Gasteiger partial charge in [-0.15, -0.1) is 0 Å². The van der Waals surface area contributed by atoms with E-state index in [0.29, 0.717) is 13.1 Å². The molecular weight excluding hydrogens is 248 g/mol. The van der Waals surface area contributed by atoms with Gasteiger partial charge in [-0.25, -0.2) is 8.42 Å². The van der Waals surface area contributed by atoms with Crippen LogP contribution in [-0.4, -0.2) is 50.7 Å². The van der Waals surface area contributed by atoms with Crippen LogP contribution in [0.1, 0.15) is 39.5 Å². The molecule has 1 saturated heterocycles. The lowest BCUT2D eigenvalue weighted by Crippen LogP contribution is -3.19. The van der Waals surface area contributed by atoms with E-state index in [2.05, 4.69) is 6.92 Å². The van der Waals surface area contributed by atoms with Crippen molar-refractivity contribution < 1.29 is 13.3 Å². The summed E-state index contributed by atoms with van der Waals surface area (Å²) in [4.78, 5) is 1.64. The minimum absolute atomic E-state index is 0.238. The lowest BCUT2D eigenvalue weighted by atomic mass is 9.84. The Hall–Kier alpha value is -0.130. The average Bonchev–Trinajstić information content (AvgIpc) is 2.39. The van der Waals surface area contributed by atoms with E-state index < -0.39 is 10.0 Å². The molecule has 5 heteroatoms. The minimum atomic E-state index is -2.97. The molecule has 0 amide bonds. The van der Waals surface area contributed by atoms with Crippen LogP contribution >= 0.6 is 0 Å². The summed E-state index contributed by atoms with van der Waals surface area (Å²) in [5.74, 6) is 1.05. The van der Waals surface area contributed by atoms with Crippen LogP contribution in [0.4, 0.5) is 0 Å². The van der Waals surface area contributed by atoms with Crippen LogP contribution in [0.5, 0.6) is 0 Å². The van der Waals surface area contributed by atoms with Gasteiger partial charge in [0.15, 0.2) is 0 Å². The Bertz CT molecular complexity index is 361. The fourth-order valence-corrected chi connectivity index (χ4v) is 4.63. The highest BCUT2D eigenvalue weighted by Gasteiger charge is 2.35. The Labute approximate surface area is 111 Å². The second-order valence-corrected chi connectivity index (χ2v) is 8.08. The third-order valence-corrected chi connectivity index (χ3v) is 6.64. The zero-order chi connectivity index (χ0) is 13.2. The SMILES string of the molecule is CCS(=O)(=O)N1CC[NH+]([C@H]2CCCC[C@@H]2C)CC1. The summed E-state index contributed by atoms with van der Waals surface area (Å²) in [5, 5.41) is 0. The quantitative estimate of drug-likeness (QED) is 0.795. The maximum absolute atomic E-state index is 11.8. The second-order valence-electron chi connectivity index (χ2n) is 5.83. The lowest BCUT2D eigenvalue weighted by molar-refractivity contribution is -0.933. The maximum Gasteiger partial charge on any atom is 0.214 e. The summed E-state index contributed by atoms with van der Waals surface area (Å²) in [6.07, 6.45) is 5.42. The largest absolute Gasteiger partial charge is 0.330 e. The van der Waals surface area contributed by atoms with E-state index in [0.717, 1.165) is 25.0 Å². The molecule has 2 rings (SSSR count). The van der Waals surface area contributed by atoms with Crippen LogP contribution < -0.4 is 4.90 Å². The van der Waals surface area contributed by atoms with E-state index in [4.69, 9.17) is 0 Å². The summed E-state index contributed by atoms with van der Waals surface area (Å²) in [6.45, 7) is 7.52. The molecule has 0 unspecified atom stereocenters. The summed E-state index contributed by atoms with van der Waals surface area (Å²) in [7, 11) is -2.97. The van der Waals surface area contributed by atoms with Crippen molar-refractivity contribution >= 4 is 10.0 Å². The monoisotopic (exact) mass is 275 g/mol. The standard InChI is InChI=1S/C13H26N2O2S/c1-3-18(16,17)15-10-8-14(9-11-15)13-7-5-4-6-12(13)2/h12-13H,3-11H2,1-2H3/p+1/t12-,13-/m0/s1. The first-order valence-electron chi connectivity index (χ1n) is 7.37. The third kappa shape index (κ3) is 3.06. The molecule has 1 aliphatic carbocycles. The topological polar surface area (TPSA) is 41.8 Å². The van der Waals surface area contributed by atoms with Crippen molar-refractivity contribution in [1.82, 2.24) is 4.31 Å². The van der Waals surface area contributed by atoms with Crippen molar-refractivity contribution in [3.63, 3.8) is 0 Å². The Morgan fingerprint density at radius 1 is 1.17 bits per heavy atom. The zero-order valence-corrected chi connectivity index (χ0v) is 12.5. The van der Waals surface area contributed by atoms with Gasteiger partial charge in [-0.3, -0.25) is 0 Å². The molecule has 4 nitrogen and oxygen atoms in total. The molecule has 0 aromatic carbocycles. The molecule has 0 aromatic rings. The summed E-state index contributed by atoms with van der Waals surface area (Å²) in [5.41, 5.74) is 0. The highest BCUT2D eigenvalue weighted by Crippen LogP contribution is 2.22. The van der Waals surface area contributed by atoms with Gasteiger partial charge in [0, 0.05) is 5.92 Å². The number of quaternary nitrogens is 1. The second kappa shape index (κ2) is 5.88. The molecule has 1 saturated carbocycles. The van der Waals surface area contributed by atoms with Gasteiger partial charge in [0.05, 0.1) is 38.0 Å². The van der Waals surface area contributed by atoms with Crippen molar-refractivity contribution in [2.45, 2.75) is 45.6 Å². The van der Waals surface area contributed by atoms with Crippen molar-refractivity contribution in [3.05, 3.63) is 0 Å². The first-order valence-corrected chi connectivity index (χ1v) is 8.98. The van der Waals surface area contributed by atoms with Crippen LogP contribution in [-0.2, 0) is 10.0 Å². The van der Waals surface area contributed by atoms with Gasteiger partial charge in [0.25, 0.3) is 0 Å². The lowest BCUT2D eigenvalue weighted by Gasteiger charge is -2.40. The fraction of sp³-hybridized carbons (Fsp3) is 1.00. The van der Waals surface area contributed by atoms with Crippen molar-refractivity contribution in [2.24, 2.45) is 5.92 Å². The number of sulfonamides is 1. The van der Waals surface area contributed by atoms with Crippen LogP contribution in [0.15, 0.2) is 0 Å². The molecule has 0 spiro atoms. The third-order valence-electron chi connectivity index (χ3n) is 4.76. The molecule has 2 atom stereocenters. The maximum atomic E-state index is 11.8. The van der Waals surface area contributed by atoms with E-state index >= 15 is 0 Å². The molecule has 1 heterocycles. The normalized spacial score (nSPS) is 32.6. The van der Waals surface area contributed by atoms with Gasteiger partial charge in [0.2, 0.25) is 10.0 Å². The molecule has 2 fully saturated rings. The van der Waals surface area contributed by atoms with Gasteiger partial charge in [-0.05, 0) is 26.2 Å². The van der Waals surface area contributed by atoms with E-state index in [1.54, 1.807) is 16.1 Å². The number of hydrogen-bond donors (Lipinski definition) is 1. The van der Waals surface area contributed by atoms with E-state index in [1.807, 2.05) is 0 Å². The molecule has 0 radical (unpaired) electrons. The number of nitrogens with zero attached hydrogens (tertiary/aromatic N) is 1. The van der Waals surface area contributed by atoms with Gasteiger partial charge in [-0.1, -0.05) is 13.3 Å². The zero-order valence-electron chi connectivity index (χ0n) is 11.7. The Morgan fingerprint density at radius 2 is 1.78 bits per heavy atom. The summed E-state index contributed by atoms with van der Waals surface area (Å²) < 4.78 is 25.3. The van der Waals surface area contributed by atoms with E-state index in [1.165, 1.54) is 25.7 Å². The molecule has 0 aromatic heterocycles.